The number of unbranched alkanes of at least 4 members (excludes halogenated alkanes) is 40. The number of hydrogen-bond donors (Lipinski definition) is 2. The second-order valence-electron chi connectivity index (χ2n) is 21.0. The Morgan fingerprint density at radius 2 is 0.831 bits per heavy atom. The van der Waals surface area contributed by atoms with Crippen LogP contribution in [0.25, 0.3) is 0 Å². The SMILES string of the molecule is CCCCCCCCCCCCCCCCCCC/C=C/C(O)C(COP(=O)([O-])OCC[N+](C)(C)C)NC(=O)CCCCCCCCCCCCCCCCCCCCCCCCCC. The molecule has 0 heterocycles. The molecule has 2 N–H and O–H groups in total. The molecule has 0 saturated heterocycles. The molecule has 0 bridgehead atoms. The average Bonchev–Trinajstić information content (AvgIpc) is 3.26. The Kier molecular flexibility index (Phi) is 47.7. The molecule has 0 aromatic carbocycles. The Labute approximate surface area is 405 Å². The molecule has 388 valence electrons. The summed E-state index contributed by atoms with van der Waals surface area (Å²) in [6.07, 6.45) is 58.5. The zero-order valence-corrected chi connectivity index (χ0v) is 45.1. The van der Waals surface area contributed by atoms with E-state index in [4.69, 9.17) is 9.05 Å². The number of amides is 1. The number of likely N-dealkylation sites (N-methyl/N-ethyl adjacent to an activating group) is 1. The van der Waals surface area contributed by atoms with Crippen molar-refractivity contribution >= 4 is 13.7 Å². The van der Waals surface area contributed by atoms with E-state index in [1.54, 1.807) is 6.08 Å². The number of aliphatic hydroxyl groups is 1. The third-order valence-electron chi connectivity index (χ3n) is 13.2. The van der Waals surface area contributed by atoms with Gasteiger partial charge in [0.05, 0.1) is 39.9 Å². The van der Waals surface area contributed by atoms with E-state index in [1.165, 1.54) is 231 Å². The summed E-state index contributed by atoms with van der Waals surface area (Å²) < 4.78 is 23.3. The second-order valence-corrected chi connectivity index (χ2v) is 22.4. The Morgan fingerprint density at radius 3 is 1.15 bits per heavy atom. The molecule has 0 fully saturated rings. The van der Waals surface area contributed by atoms with Gasteiger partial charge in [-0.2, -0.15) is 0 Å². The molecule has 3 unspecified atom stereocenters. The summed E-state index contributed by atoms with van der Waals surface area (Å²) in [5.74, 6) is -0.190. The van der Waals surface area contributed by atoms with Crippen LogP contribution >= 0.6 is 7.82 Å². The van der Waals surface area contributed by atoms with E-state index in [1.807, 2.05) is 27.2 Å². The number of phosphoric acid groups is 1. The van der Waals surface area contributed by atoms with Crippen LogP contribution in [0.15, 0.2) is 12.2 Å². The van der Waals surface area contributed by atoms with Gasteiger partial charge >= 0.3 is 0 Å². The largest absolute Gasteiger partial charge is 0.756 e. The molecule has 9 heteroatoms. The predicted octanol–water partition coefficient (Wildman–Crippen LogP) is 16.4. The minimum atomic E-state index is -4.59. The van der Waals surface area contributed by atoms with Gasteiger partial charge in [0.15, 0.2) is 0 Å². The Hall–Kier alpha value is -0.760. The highest BCUT2D eigenvalue weighted by Gasteiger charge is 2.23. The van der Waals surface area contributed by atoms with E-state index in [9.17, 15) is 19.4 Å². The first-order chi connectivity index (χ1) is 31.5. The third-order valence-corrected chi connectivity index (χ3v) is 14.2. The van der Waals surface area contributed by atoms with Gasteiger partial charge in [-0.15, -0.1) is 0 Å². The van der Waals surface area contributed by atoms with Crippen molar-refractivity contribution in [3.05, 3.63) is 12.2 Å². The van der Waals surface area contributed by atoms with Gasteiger partial charge in [0.2, 0.25) is 5.91 Å². The van der Waals surface area contributed by atoms with Gasteiger partial charge in [0.1, 0.15) is 13.2 Å². The first-order valence-electron chi connectivity index (χ1n) is 28.6. The molecule has 0 aromatic rings. The number of quaternary nitrogens is 1. The number of phosphoric ester groups is 1. The first kappa shape index (κ1) is 64.2. The maximum atomic E-state index is 13.0. The monoisotopic (exact) mass is 941 g/mol. The number of rotatable bonds is 53. The fraction of sp³-hybridized carbons (Fsp3) is 0.946. The number of nitrogens with zero attached hydrogens (tertiary/aromatic N) is 1. The van der Waals surface area contributed by atoms with Gasteiger partial charge in [0, 0.05) is 6.42 Å². The number of allylic oxidation sites excluding steroid dienone is 1. The summed E-state index contributed by atoms with van der Waals surface area (Å²) in [7, 11) is 1.28. The normalized spacial score (nSPS) is 14.0. The van der Waals surface area contributed by atoms with Crippen LogP contribution in [0.1, 0.15) is 290 Å². The molecule has 0 spiro atoms. The fourth-order valence-electron chi connectivity index (χ4n) is 8.74. The predicted molar refractivity (Wildman–Crippen MR) is 279 cm³/mol. The summed E-state index contributed by atoms with van der Waals surface area (Å²) in [5.41, 5.74) is 0. The molecular formula is C56H113N2O6P. The van der Waals surface area contributed by atoms with Gasteiger partial charge in [-0.25, -0.2) is 0 Å². The molecule has 0 aliphatic heterocycles. The number of aliphatic hydroxyl groups excluding tert-OH is 1. The standard InChI is InChI=1S/C56H113N2O6P/c1-6-8-10-12-14-16-18-20-22-24-26-27-28-29-30-32-34-36-38-40-42-44-46-48-50-56(60)57-54(53-64-65(61,62)63-52-51-58(3,4)5)55(59)49-47-45-43-41-39-37-35-33-31-25-23-21-19-17-15-13-11-9-7-2/h47,49,54-55,59H,6-46,48,50-53H2,1-5H3,(H-,57,60,61,62)/b49-47+. The lowest BCUT2D eigenvalue weighted by atomic mass is 10.0. The molecular weight excluding hydrogens is 828 g/mol. The summed E-state index contributed by atoms with van der Waals surface area (Å²) >= 11 is 0. The zero-order chi connectivity index (χ0) is 47.8. The highest BCUT2D eigenvalue weighted by Crippen LogP contribution is 2.38. The van der Waals surface area contributed by atoms with Crippen LogP contribution in [0, 0.1) is 0 Å². The molecule has 8 nitrogen and oxygen atoms in total. The molecule has 0 aliphatic rings. The van der Waals surface area contributed by atoms with Crippen molar-refractivity contribution < 1.29 is 32.9 Å². The number of nitrogens with one attached hydrogen (secondary N) is 1. The molecule has 0 aliphatic carbocycles. The lowest BCUT2D eigenvalue weighted by molar-refractivity contribution is -0.870. The van der Waals surface area contributed by atoms with Crippen molar-refractivity contribution in [2.75, 3.05) is 40.9 Å². The highest BCUT2D eigenvalue weighted by molar-refractivity contribution is 7.45. The van der Waals surface area contributed by atoms with Crippen LogP contribution in [-0.4, -0.2) is 68.5 Å². The maximum absolute atomic E-state index is 13.0. The molecule has 65 heavy (non-hydrogen) atoms. The molecule has 0 aromatic heterocycles. The number of hydrogen-bond acceptors (Lipinski definition) is 6. The fourth-order valence-corrected chi connectivity index (χ4v) is 9.47. The van der Waals surface area contributed by atoms with E-state index in [0.29, 0.717) is 17.4 Å². The van der Waals surface area contributed by atoms with Crippen molar-refractivity contribution in [1.82, 2.24) is 5.32 Å². The van der Waals surface area contributed by atoms with Crippen LogP contribution in [0.3, 0.4) is 0 Å². The van der Waals surface area contributed by atoms with Crippen molar-refractivity contribution in [1.29, 1.82) is 0 Å². The molecule has 3 atom stereocenters. The lowest BCUT2D eigenvalue weighted by Gasteiger charge is -2.29. The van der Waals surface area contributed by atoms with Crippen molar-refractivity contribution in [2.24, 2.45) is 0 Å². The third kappa shape index (κ3) is 50.9. The van der Waals surface area contributed by atoms with Crippen LogP contribution < -0.4 is 10.2 Å². The number of carbonyl (C=O) groups is 1. The second kappa shape index (κ2) is 48.3. The van der Waals surface area contributed by atoms with E-state index in [0.717, 1.165) is 38.5 Å². The maximum Gasteiger partial charge on any atom is 0.268 e. The molecule has 0 radical (unpaired) electrons. The van der Waals surface area contributed by atoms with Crippen molar-refractivity contribution in [3.63, 3.8) is 0 Å². The van der Waals surface area contributed by atoms with Gasteiger partial charge < -0.3 is 28.8 Å². The van der Waals surface area contributed by atoms with Crippen LogP contribution in [-0.2, 0) is 18.4 Å². The lowest BCUT2D eigenvalue weighted by Crippen LogP contribution is -2.45. The van der Waals surface area contributed by atoms with Gasteiger partial charge in [-0.05, 0) is 19.3 Å². The molecule has 0 rings (SSSR count). The Bertz CT molecular complexity index is 1070. The van der Waals surface area contributed by atoms with Crippen molar-refractivity contribution in [2.45, 2.75) is 302 Å². The Morgan fingerprint density at radius 1 is 0.523 bits per heavy atom. The molecule has 1 amide bonds. The topological polar surface area (TPSA) is 108 Å². The van der Waals surface area contributed by atoms with E-state index >= 15 is 0 Å². The average molecular weight is 942 g/mol. The van der Waals surface area contributed by atoms with Gasteiger partial charge in [-0.3, -0.25) is 9.36 Å². The van der Waals surface area contributed by atoms with Crippen LogP contribution in [0.2, 0.25) is 0 Å². The summed E-state index contributed by atoms with van der Waals surface area (Å²) in [6, 6.07) is -0.882. The highest BCUT2D eigenvalue weighted by atomic mass is 31.2. The van der Waals surface area contributed by atoms with E-state index < -0.39 is 20.0 Å². The smallest absolute Gasteiger partial charge is 0.268 e. The van der Waals surface area contributed by atoms with Gasteiger partial charge in [-0.1, -0.05) is 276 Å². The summed E-state index contributed by atoms with van der Waals surface area (Å²) in [5, 5.41) is 13.9. The quantitative estimate of drug-likeness (QED) is 0.0272. The van der Waals surface area contributed by atoms with E-state index in [2.05, 4.69) is 19.2 Å². The first-order valence-corrected chi connectivity index (χ1v) is 30.0. The van der Waals surface area contributed by atoms with Crippen LogP contribution in [0.5, 0.6) is 0 Å². The number of carbonyl (C=O) groups excluding carboxylic acids is 1. The molecule has 0 saturated carbocycles. The summed E-state index contributed by atoms with van der Waals surface area (Å²) in [6.45, 7) is 4.70. The van der Waals surface area contributed by atoms with Crippen LogP contribution in [0.4, 0.5) is 0 Å². The zero-order valence-electron chi connectivity index (χ0n) is 44.2. The summed E-state index contributed by atoms with van der Waals surface area (Å²) in [4.78, 5) is 25.5. The Balaban J connectivity index is 4.17. The van der Waals surface area contributed by atoms with Crippen molar-refractivity contribution in [3.8, 4) is 0 Å². The minimum absolute atomic E-state index is 0.00266. The minimum Gasteiger partial charge on any atom is -0.756 e. The van der Waals surface area contributed by atoms with Gasteiger partial charge in [0.25, 0.3) is 7.82 Å². The van der Waals surface area contributed by atoms with E-state index in [-0.39, 0.29) is 19.1 Å².